The van der Waals surface area contributed by atoms with E-state index in [1.54, 1.807) is 0 Å². The molecule has 0 spiro atoms. The molecule has 2 aliphatic rings. The van der Waals surface area contributed by atoms with E-state index in [0.717, 1.165) is 0 Å². The summed E-state index contributed by atoms with van der Waals surface area (Å²) < 4.78 is 0. The highest BCUT2D eigenvalue weighted by Crippen LogP contribution is 2.33. The average Bonchev–Trinajstić information content (AvgIpc) is 3.24. The van der Waals surface area contributed by atoms with Gasteiger partial charge in [0.15, 0.2) is 0 Å². The van der Waals surface area contributed by atoms with Crippen LogP contribution in [0.5, 0.6) is 0 Å². The van der Waals surface area contributed by atoms with E-state index in [2.05, 4.69) is 46.5 Å². The van der Waals surface area contributed by atoms with Gasteiger partial charge in [-0.25, -0.2) is 0 Å². The van der Waals surface area contributed by atoms with Crippen LogP contribution in [0.1, 0.15) is 50.5 Å². The fourth-order valence-electron chi connectivity index (χ4n) is 4.21. The molecule has 0 saturated carbocycles. The van der Waals surface area contributed by atoms with E-state index in [1.807, 2.05) is 0 Å². The third-order valence-corrected chi connectivity index (χ3v) is 5.61. The number of hydrogen-bond donors (Lipinski definition) is 2. The zero-order valence-electron chi connectivity index (χ0n) is 13.6. The number of aromatic amines is 1. The van der Waals surface area contributed by atoms with Gasteiger partial charge >= 0.3 is 0 Å². The molecular weight excluding hydrogens is 270 g/mol. The second-order valence-corrected chi connectivity index (χ2v) is 7.01. The standard InChI is InChI=1S/C19H27N3/c1-14(18-6-5-9-20-18)17-13-21-19-8-7-15(12-16(17)19)22-10-3-2-4-11-22/h7-8,12-14,18,20-21H,2-6,9-11H2,1H3. The highest BCUT2D eigenvalue weighted by atomic mass is 15.1. The number of nitrogens with one attached hydrogen (secondary N) is 2. The van der Waals surface area contributed by atoms with Crippen molar-refractivity contribution in [2.45, 2.75) is 51.0 Å². The van der Waals surface area contributed by atoms with Gasteiger partial charge < -0.3 is 15.2 Å². The minimum absolute atomic E-state index is 0.577. The number of piperidine rings is 1. The van der Waals surface area contributed by atoms with E-state index >= 15 is 0 Å². The van der Waals surface area contributed by atoms with Crippen molar-refractivity contribution in [1.29, 1.82) is 0 Å². The highest BCUT2D eigenvalue weighted by molar-refractivity contribution is 5.87. The number of rotatable bonds is 3. The number of aromatic nitrogens is 1. The number of benzene rings is 1. The summed E-state index contributed by atoms with van der Waals surface area (Å²) >= 11 is 0. The van der Waals surface area contributed by atoms with Gasteiger partial charge in [0.05, 0.1) is 0 Å². The van der Waals surface area contributed by atoms with E-state index in [1.165, 1.54) is 73.9 Å². The van der Waals surface area contributed by atoms with Crippen LogP contribution in [0.3, 0.4) is 0 Å². The maximum atomic E-state index is 3.66. The van der Waals surface area contributed by atoms with Crippen molar-refractivity contribution >= 4 is 16.6 Å². The van der Waals surface area contributed by atoms with Crippen LogP contribution in [0.25, 0.3) is 10.9 Å². The van der Waals surface area contributed by atoms with Gasteiger partial charge in [-0.3, -0.25) is 0 Å². The lowest BCUT2D eigenvalue weighted by atomic mass is 9.92. The minimum atomic E-state index is 0.577. The van der Waals surface area contributed by atoms with Gasteiger partial charge in [-0.1, -0.05) is 6.92 Å². The zero-order valence-corrected chi connectivity index (χ0v) is 13.6. The van der Waals surface area contributed by atoms with E-state index in [0.29, 0.717) is 12.0 Å². The summed E-state index contributed by atoms with van der Waals surface area (Å²) in [5.41, 5.74) is 4.16. The molecule has 2 N–H and O–H groups in total. The Bertz CT molecular complexity index is 633. The van der Waals surface area contributed by atoms with E-state index in [9.17, 15) is 0 Å². The van der Waals surface area contributed by atoms with Crippen LogP contribution < -0.4 is 10.2 Å². The molecule has 1 aromatic heterocycles. The predicted molar refractivity (Wildman–Crippen MR) is 93.8 cm³/mol. The molecule has 0 radical (unpaired) electrons. The molecular formula is C19H27N3. The van der Waals surface area contributed by atoms with Crippen LogP contribution >= 0.6 is 0 Å². The van der Waals surface area contributed by atoms with E-state index < -0.39 is 0 Å². The van der Waals surface area contributed by atoms with Gasteiger partial charge in [0, 0.05) is 41.9 Å². The first kappa shape index (κ1) is 14.1. The smallest absolute Gasteiger partial charge is 0.0458 e. The second kappa shape index (κ2) is 5.96. The predicted octanol–water partition coefficient (Wildman–Crippen LogP) is 4.01. The Hall–Kier alpha value is -1.48. The first-order chi connectivity index (χ1) is 10.8. The molecule has 2 aromatic rings. The number of hydrogen-bond acceptors (Lipinski definition) is 2. The molecule has 0 aliphatic carbocycles. The van der Waals surface area contributed by atoms with Gasteiger partial charge in [-0.05, 0) is 68.3 Å². The summed E-state index contributed by atoms with van der Waals surface area (Å²) in [6.07, 6.45) is 8.91. The van der Waals surface area contributed by atoms with Crippen molar-refractivity contribution < 1.29 is 0 Å². The van der Waals surface area contributed by atoms with Crippen LogP contribution in [0.2, 0.25) is 0 Å². The van der Waals surface area contributed by atoms with Gasteiger partial charge in [0.1, 0.15) is 0 Å². The maximum Gasteiger partial charge on any atom is 0.0458 e. The summed E-state index contributed by atoms with van der Waals surface area (Å²) in [7, 11) is 0. The van der Waals surface area contributed by atoms with Gasteiger partial charge in [-0.2, -0.15) is 0 Å². The molecule has 2 aliphatic heterocycles. The molecule has 2 fully saturated rings. The third kappa shape index (κ3) is 2.52. The van der Waals surface area contributed by atoms with Crippen LogP contribution in [0.15, 0.2) is 24.4 Å². The molecule has 3 heteroatoms. The SMILES string of the molecule is CC(c1c[nH]c2ccc(N3CCCCC3)cc12)C1CCCN1. The van der Waals surface area contributed by atoms with Crippen LogP contribution in [-0.2, 0) is 0 Å². The minimum Gasteiger partial charge on any atom is -0.372 e. The first-order valence-corrected chi connectivity index (χ1v) is 8.92. The van der Waals surface area contributed by atoms with Crippen molar-refractivity contribution in [1.82, 2.24) is 10.3 Å². The Morgan fingerprint density at radius 2 is 2.00 bits per heavy atom. The van der Waals surface area contributed by atoms with E-state index in [-0.39, 0.29) is 0 Å². The maximum absolute atomic E-state index is 3.66. The summed E-state index contributed by atoms with van der Waals surface area (Å²) in [5, 5.41) is 5.08. The number of fused-ring (bicyclic) bond motifs is 1. The van der Waals surface area contributed by atoms with Crippen molar-refractivity contribution in [2.24, 2.45) is 0 Å². The van der Waals surface area contributed by atoms with Gasteiger partial charge in [0.25, 0.3) is 0 Å². The average molecular weight is 297 g/mol. The van der Waals surface area contributed by atoms with Crippen molar-refractivity contribution in [3.63, 3.8) is 0 Å². The molecule has 0 amide bonds. The Kier molecular flexibility index (Phi) is 3.83. The van der Waals surface area contributed by atoms with Gasteiger partial charge in [0.2, 0.25) is 0 Å². The Morgan fingerprint density at radius 3 is 2.77 bits per heavy atom. The summed E-state index contributed by atoms with van der Waals surface area (Å²) in [6.45, 7) is 5.98. The fraction of sp³-hybridized carbons (Fsp3) is 0.579. The van der Waals surface area contributed by atoms with Crippen LogP contribution in [0.4, 0.5) is 5.69 Å². The Labute approximate surface area is 133 Å². The Morgan fingerprint density at radius 1 is 1.14 bits per heavy atom. The van der Waals surface area contributed by atoms with Gasteiger partial charge in [-0.15, -0.1) is 0 Å². The lowest BCUT2D eigenvalue weighted by Gasteiger charge is -2.29. The molecule has 2 atom stereocenters. The number of anilines is 1. The normalized spacial score (nSPS) is 24.0. The largest absolute Gasteiger partial charge is 0.372 e. The summed E-state index contributed by atoms with van der Waals surface area (Å²) in [5.74, 6) is 0.577. The quantitative estimate of drug-likeness (QED) is 0.896. The molecule has 4 rings (SSSR count). The monoisotopic (exact) mass is 297 g/mol. The van der Waals surface area contributed by atoms with Crippen molar-refractivity contribution in [3.05, 3.63) is 30.0 Å². The molecule has 0 bridgehead atoms. The summed E-state index contributed by atoms with van der Waals surface area (Å²) in [4.78, 5) is 6.03. The highest BCUT2D eigenvalue weighted by Gasteiger charge is 2.24. The number of nitrogens with zero attached hydrogens (tertiary/aromatic N) is 1. The lowest BCUT2D eigenvalue weighted by Crippen LogP contribution is -2.29. The molecule has 3 heterocycles. The molecule has 118 valence electrons. The molecule has 2 saturated heterocycles. The summed E-state index contributed by atoms with van der Waals surface area (Å²) in [6, 6.07) is 7.60. The molecule has 3 nitrogen and oxygen atoms in total. The molecule has 22 heavy (non-hydrogen) atoms. The zero-order chi connectivity index (χ0) is 14.9. The van der Waals surface area contributed by atoms with E-state index in [4.69, 9.17) is 0 Å². The first-order valence-electron chi connectivity index (χ1n) is 8.92. The second-order valence-electron chi connectivity index (χ2n) is 7.01. The molecule has 2 unspecified atom stereocenters. The topological polar surface area (TPSA) is 31.1 Å². The fourth-order valence-corrected chi connectivity index (χ4v) is 4.21. The van der Waals surface area contributed by atoms with Crippen molar-refractivity contribution in [3.8, 4) is 0 Å². The third-order valence-electron chi connectivity index (χ3n) is 5.61. The number of H-pyrrole nitrogens is 1. The Balaban J connectivity index is 1.66. The lowest BCUT2D eigenvalue weighted by molar-refractivity contribution is 0.520. The van der Waals surface area contributed by atoms with Crippen LogP contribution in [-0.4, -0.2) is 30.7 Å². The molecule has 1 aromatic carbocycles. The van der Waals surface area contributed by atoms with Crippen LogP contribution in [0, 0.1) is 0 Å². The van der Waals surface area contributed by atoms with Crippen molar-refractivity contribution in [2.75, 3.05) is 24.5 Å².